The van der Waals surface area contributed by atoms with Crippen molar-refractivity contribution in [3.8, 4) is 11.3 Å². The van der Waals surface area contributed by atoms with Gasteiger partial charge in [0.2, 0.25) is 0 Å². The van der Waals surface area contributed by atoms with Crippen molar-refractivity contribution in [3.05, 3.63) is 78.3 Å². The van der Waals surface area contributed by atoms with E-state index in [-0.39, 0.29) is 6.54 Å². The van der Waals surface area contributed by atoms with Crippen LogP contribution in [0.15, 0.2) is 61.6 Å². The first-order valence-electron chi connectivity index (χ1n) is 10.3. The molecular weight excluding hydrogens is 431 g/mol. The van der Waals surface area contributed by atoms with Gasteiger partial charge in [0.15, 0.2) is 0 Å². The van der Waals surface area contributed by atoms with E-state index in [9.17, 15) is 18.0 Å². The molecule has 0 N–H and O–H groups in total. The lowest BCUT2D eigenvalue weighted by atomic mass is 10.0. The van der Waals surface area contributed by atoms with Crippen LogP contribution < -0.4 is 4.90 Å². The van der Waals surface area contributed by atoms with E-state index in [1.54, 1.807) is 43.8 Å². The molecule has 0 spiro atoms. The predicted molar refractivity (Wildman–Crippen MR) is 123 cm³/mol. The van der Waals surface area contributed by atoms with E-state index in [2.05, 4.69) is 11.6 Å². The largest absolute Gasteiger partial charge is 0.443 e. The van der Waals surface area contributed by atoms with E-state index in [4.69, 9.17) is 4.74 Å². The summed E-state index contributed by atoms with van der Waals surface area (Å²) < 4.78 is 46.4. The molecule has 3 aromatic rings. The standard InChI is InChI=1S/C25H26F3N3O2/c1-6-17-9-12-20(21-15-30(5)16-29-21)22(13-17)31(23(32)33-24(2,3)4)14-18-7-10-19(11-8-18)25(26,27)28/h6-13,15-16H,1,14H2,2-5H3. The van der Waals surface area contributed by atoms with Gasteiger partial charge in [0.05, 0.1) is 29.8 Å². The molecule has 0 saturated heterocycles. The van der Waals surface area contributed by atoms with Crippen LogP contribution >= 0.6 is 0 Å². The van der Waals surface area contributed by atoms with E-state index in [0.717, 1.165) is 17.7 Å². The average Bonchev–Trinajstić information content (AvgIpc) is 3.16. The van der Waals surface area contributed by atoms with Crippen LogP contribution in [-0.4, -0.2) is 21.2 Å². The van der Waals surface area contributed by atoms with Crippen LogP contribution in [-0.2, 0) is 24.5 Å². The molecule has 0 radical (unpaired) electrons. The lowest BCUT2D eigenvalue weighted by Gasteiger charge is -2.29. The Labute approximate surface area is 191 Å². The Morgan fingerprint density at radius 1 is 1.15 bits per heavy atom. The molecule has 0 bridgehead atoms. The molecule has 2 aromatic carbocycles. The number of alkyl halides is 3. The molecule has 0 aliphatic heterocycles. The number of halogens is 3. The van der Waals surface area contributed by atoms with Crippen LogP contribution in [0.3, 0.4) is 0 Å². The quantitative estimate of drug-likeness (QED) is 0.429. The minimum atomic E-state index is -4.44. The molecule has 0 aliphatic carbocycles. The smallest absolute Gasteiger partial charge is 0.416 e. The first-order chi connectivity index (χ1) is 15.4. The molecule has 8 heteroatoms. The summed E-state index contributed by atoms with van der Waals surface area (Å²) in [5.74, 6) is 0. The van der Waals surface area contributed by atoms with E-state index in [0.29, 0.717) is 22.5 Å². The third kappa shape index (κ3) is 6.03. The summed E-state index contributed by atoms with van der Waals surface area (Å²) in [6.07, 6.45) is 0.0533. The number of anilines is 1. The Balaban J connectivity index is 2.09. The summed E-state index contributed by atoms with van der Waals surface area (Å²) >= 11 is 0. The third-order valence-corrected chi connectivity index (χ3v) is 4.76. The molecule has 3 rings (SSSR count). The topological polar surface area (TPSA) is 47.4 Å². The van der Waals surface area contributed by atoms with Crippen LogP contribution in [0.25, 0.3) is 17.3 Å². The summed E-state index contributed by atoms with van der Waals surface area (Å²) in [6.45, 7) is 9.06. The Morgan fingerprint density at radius 3 is 2.33 bits per heavy atom. The van der Waals surface area contributed by atoms with Crippen LogP contribution in [0.2, 0.25) is 0 Å². The van der Waals surface area contributed by atoms with Gasteiger partial charge in [-0.3, -0.25) is 4.90 Å². The van der Waals surface area contributed by atoms with Crippen LogP contribution in [0, 0.1) is 0 Å². The third-order valence-electron chi connectivity index (χ3n) is 4.76. The molecule has 0 saturated carbocycles. The Morgan fingerprint density at radius 2 is 1.82 bits per heavy atom. The van der Waals surface area contributed by atoms with Gasteiger partial charge in [-0.2, -0.15) is 13.2 Å². The van der Waals surface area contributed by atoms with Crippen LogP contribution in [0.1, 0.15) is 37.5 Å². The first kappa shape index (κ1) is 24.1. The highest BCUT2D eigenvalue weighted by Crippen LogP contribution is 2.34. The molecular formula is C25H26F3N3O2. The highest BCUT2D eigenvalue weighted by atomic mass is 19.4. The number of rotatable bonds is 5. The van der Waals surface area contributed by atoms with E-state index in [1.165, 1.54) is 17.0 Å². The average molecular weight is 457 g/mol. The van der Waals surface area contributed by atoms with Crippen molar-refractivity contribution in [2.75, 3.05) is 4.90 Å². The molecule has 0 unspecified atom stereocenters. The zero-order chi connectivity index (χ0) is 24.4. The maximum absolute atomic E-state index is 13.3. The number of carbonyl (C=O) groups excluding carboxylic acids is 1. The Hall–Kier alpha value is -3.55. The van der Waals surface area contributed by atoms with Crippen LogP contribution in [0.4, 0.5) is 23.7 Å². The molecule has 1 amide bonds. The SMILES string of the molecule is C=Cc1ccc(-c2cn(C)cn2)c(N(Cc2ccc(C(F)(F)F)cc2)C(=O)OC(C)(C)C)c1. The van der Waals surface area contributed by atoms with E-state index < -0.39 is 23.4 Å². The van der Waals surface area contributed by atoms with Gasteiger partial charge in [-0.15, -0.1) is 0 Å². The second-order valence-corrected chi connectivity index (χ2v) is 8.67. The van der Waals surface area contributed by atoms with Crippen molar-refractivity contribution in [2.24, 2.45) is 7.05 Å². The van der Waals surface area contributed by atoms with Crippen molar-refractivity contribution in [2.45, 2.75) is 39.1 Å². The number of aryl methyl sites for hydroxylation is 1. The van der Waals surface area contributed by atoms with Crippen LogP contribution in [0.5, 0.6) is 0 Å². The molecule has 174 valence electrons. The minimum absolute atomic E-state index is 0.00742. The summed E-state index contributed by atoms with van der Waals surface area (Å²) in [6, 6.07) is 10.2. The first-order valence-corrected chi connectivity index (χ1v) is 10.3. The monoisotopic (exact) mass is 457 g/mol. The maximum atomic E-state index is 13.3. The van der Waals surface area contributed by atoms with Gasteiger partial charge < -0.3 is 9.30 Å². The predicted octanol–water partition coefficient (Wildman–Crippen LogP) is 6.69. The summed E-state index contributed by atoms with van der Waals surface area (Å²) in [4.78, 5) is 19.1. The van der Waals surface area contributed by atoms with Gasteiger partial charge in [-0.25, -0.2) is 9.78 Å². The highest BCUT2D eigenvalue weighted by molar-refractivity contribution is 5.94. The number of imidazole rings is 1. The van der Waals surface area contributed by atoms with E-state index >= 15 is 0 Å². The molecule has 1 heterocycles. The molecule has 1 aromatic heterocycles. The lowest BCUT2D eigenvalue weighted by Crippen LogP contribution is -2.37. The van der Waals surface area contributed by atoms with Gasteiger partial charge in [0, 0.05) is 18.8 Å². The molecule has 0 fully saturated rings. The fourth-order valence-electron chi connectivity index (χ4n) is 3.21. The summed E-state index contributed by atoms with van der Waals surface area (Å²) in [5, 5.41) is 0. The molecule has 33 heavy (non-hydrogen) atoms. The highest BCUT2D eigenvalue weighted by Gasteiger charge is 2.31. The van der Waals surface area contributed by atoms with Gasteiger partial charge in [0.25, 0.3) is 0 Å². The fourth-order valence-corrected chi connectivity index (χ4v) is 3.21. The molecule has 0 aliphatic rings. The lowest BCUT2D eigenvalue weighted by molar-refractivity contribution is -0.137. The van der Waals surface area contributed by atoms with Gasteiger partial charge in [0.1, 0.15) is 5.60 Å². The minimum Gasteiger partial charge on any atom is -0.443 e. The van der Waals surface area contributed by atoms with Crippen molar-refractivity contribution in [3.63, 3.8) is 0 Å². The molecule has 0 atom stereocenters. The van der Waals surface area contributed by atoms with Crippen molar-refractivity contribution < 1.29 is 22.7 Å². The van der Waals surface area contributed by atoms with Crippen molar-refractivity contribution >= 4 is 17.9 Å². The van der Waals surface area contributed by atoms with Gasteiger partial charge >= 0.3 is 12.3 Å². The van der Waals surface area contributed by atoms with Gasteiger partial charge in [-0.1, -0.05) is 36.9 Å². The van der Waals surface area contributed by atoms with Gasteiger partial charge in [-0.05, 0) is 50.1 Å². The Bertz CT molecular complexity index is 1140. The molecule has 5 nitrogen and oxygen atoms in total. The number of benzene rings is 2. The number of hydrogen-bond donors (Lipinski definition) is 0. The van der Waals surface area contributed by atoms with Crippen molar-refractivity contribution in [1.29, 1.82) is 0 Å². The second-order valence-electron chi connectivity index (χ2n) is 8.67. The zero-order valence-corrected chi connectivity index (χ0v) is 19.0. The maximum Gasteiger partial charge on any atom is 0.416 e. The summed E-state index contributed by atoms with van der Waals surface area (Å²) in [5.41, 5.74) is 1.60. The number of aromatic nitrogens is 2. The van der Waals surface area contributed by atoms with Crippen molar-refractivity contribution in [1.82, 2.24) is 9.55 Å². The summed E-state index contributed by atoms with van der Waals surface area (Å²) in [7, 11) is 1.84. The second kappa shape index (κ2) is 9.13. The number of nitrogens with zero attached hydrogens (tertiary/aromatic N) is 3. The normalized spacial score (nSPS) is 11.8. The Kier molecular flexibility index (Phi) is 6.67. The number of hydrogen-bond acceptors (Lipinski definition) is 3. The van der Waals surface area contributed by atoms with E-state index in [1.807, 2.05) is 25.4 Å². The fraction of sp³-hybridized carbons (Fsp3) is 0.280. The number of amides is 1. The zero-order valence-electron chi connectivity index (χ0n) is 19.0. The number of carbonyl (C=O) groups is 1. The number of ether oxygens (including phenoxy) is 1.